The highest BCUT2D eigenvalue weighted by atomic mass is 16.2. The summed E-state index contributed by atoms with van der Waals surface area (Å²) < 4.78 is 1.49. The van der Waals surface area contributed by atoms with E-state index >= 15 is 0 Å². The van der Waals surface area contributed by atoms with E-state index in [1.807, 2.05) is 24.3 Å². The number of rotatable bonds is 1. The number of anilines is 1. The number of nitriles is 1. The fraction of sp³-hybridized carbons (Fsp3) is 0. The lowest BCUT2D eigenvalue weighted by molar-refractivity contribution is 0.0965. The molecule has 0 spiro atoms. The van der Waals surface area contributed by atoms with Crippen molar-refractivity contribution < 1.29 is 4.79 Å². The number of hydrogen-bond donors (Lipinski definition) is 1. The van der Waals surface area contributed by atoms with Gasteiger partial charge in [-0.1, -0.05) is 12.1 Å². The Kier molecular flexibility index (Phi) is 2.70. The molecule has 0 bridgehead atoms. The number of aromatic nitrogens is 2. The highest BCUT2D eigenvalue weighted by molar-refractivity contribution is 6.05. The van der Waals surface area contributed by atoms with Crippen molar-refractivity contribution in [2.45, 2.75) is 0 Å². The number of carbonyl (C=O) groups excluding carboxylic acids is 1. The fourth-order valence-electron chi connectivity index (χ4n) is 2.16. The highest BCUT2D eigenvalue weighted by Gasteiger charge is 2.13. The molecule has 2 N–H and O–H groups in total. The van der Waals surface area contributed by atoms with Crippen LogP contribution in [0.2, 0.25) is 0 Å². The number of nitrogens with two attached hydrogens (primary N) is 1. The molecule has 2 aromatic heterocycles. The molecule has 0 saturated heterocycles. The second-order valence-electron chi connectivity index (χ2n) is 4.32. The van der Waals surface area contributed by atoms with Crippen LogP contribution in [-0.2, 0) is 0 Å². The van der Waals surface area contributed by atoms with Crippen LogP contribution in [0.15, 0.2) is 48.8 Å². The molecule has 5 heteroatoms. The maximum Gasteiger partial charge on any atom is 0.262 e. The lowest BCUT2D eigenvalue weighted by Gasteiger charge is -2.06. The van der Waals surface area contributed by atoms with E-state index in [9.17, 15) is 4.79 Å². The number of hydrogen-bond acceptors (Lipinski definition) is 4. The average Bonchev–Trinajstić information content (AvgIpc) is 2.92. The summed E-state index contributed by atoms with van der Waals surface area (Å²) in [7, 11) is 0. The quantitative estimate of drug-likeness (QED) is 0.681. The first-order chi connectivity index (χ1) is 9.70. The molecule has 0 aliphatic rings. The summed E-state index contributed by atoms with van der Waals surface area (Å²) in [5.74, 6) is -0.239. The van der Waals surface area contributed by atoms with Crippen LogP contribution < -0.4 is 5.73 Å². The Morgan fingerprint density at radius 2 is 2.15 bits per heavy atom. The van der Waals surface area contributed by atoms with Crippen molar-refractivity contribution in [2.24, 2.45) is 0 Å². The minimum absolute atomic E-state index is 0.209. The summed E-state index contributed by atoms with van der Waals surface area (Å²) >= 11 is 0. The average molecular weight is 262 g/mol. The number of pyridine rings is 1. The third kappa shape index (κ3) is 1.80. The SMILES string of the molecule is N#Cc1cc(C(=O)n2ccc3cccc(N)c32)ccn1. The van der Waals surface area contributed by atoms with Gasteiger partial charge in [0.15, 0.2) is 0 Å². The zero-order valence-corrected chi connectivity index (χ0v) is 10.4. The predicted molar refractivity (Wildman–Crippen MR) is 75.0 cm³/mol. The van der Waals surface area contributed by atoms with E-state index in [0.29, 0.717) is 16.8 Å². The zero-order chi connectivity index (χ0) is 14.1. The Hall–Kier alpha value is -3.13. The monoisotopic (exact) mass is 262 g/mol. The van der Waals surface area contributed by atoms with E-state index in [1.165, 1.54) is 16.8 Å². The first-order valence-corrected chi connectivity index (χ1v) is 5.97. The van der Waals surface area contributed by atoms with Crippen LogP contribution in [0.25, 0.3) is 10.9 Å². The topological polar surface area (TPSA) is 84.7 Å². The zero-order valence-electron chi connectivity index (χ0n) is 10.4. The van der Waals surface area contributed by atoms with Crippen molar-refractivity contribution in [1.29, 1.82) is 5.26 Å². The van der Waals surface area contributed by atoms with Crippen LogP contribution in [0.5, 0.6) is 0 Å². The third-order valence-corrected chi connectivity index (χ3v) is 3.08. The van der Waals surface area contributed by atoms with Gasteiger partial charge in [0.2, 0.25) is 0 Å². The molecule has 0 saturated carbocycles. The smallest absolute Gasteiger partial charge is 0.262 e. The van der Waals surface area contributed by atoms with Gasteiger partial charge >= 0.3 is 0 Å². The number of carbonyl (C=O) groups is 1. The van der Waals surface area contributed by atoms with Gasteiger partial charge in [0.05, 0.1) is 11.2 Å². The second-order valence-corrected chi connectivity index (χ2v) is 4.32. The second kappa shape index (κ2) is 4.52. The first kappa shape index (κ1) is 11.9. The number of benzene rings is 1. The third-order valence-electron chi connectivity index (χ3n) is 3.08. The maximum absolute atomic E-state index is 12.5. The summed E-state index contributed by atoms with van der Waals surface area (Å²) in [5.41, 5.74) is 7.76. The molecule has 20 heavy (non-hydrogen) atoms. The molecule has 0 aliphatic heterocycles. The number of nitrogen functional groups attached to an aromatic ring is 1. The van der Waals surface area contributed by atoms with Gasteiger partial charge in [0, 0.05) is 23.3 Å². The molecule has 0 radical (unpaired) electrons. The minimum Gasteiger partial charge on any atom is -0.397 e. The normalized spacial score (nSPS) is 10.3. The van der Waals surface area contributed by atoms with E-state index in [0.717, 1.165) is 5.39 Å². The van der Waals surface area contributed by atoms with Crippen LogP contribution in [0, 0.1) is 11.3 Å². The number of fused-ring (bicyclic) bond motifs is 1. The summed E-state index contributed by atoms with van der Waals surface area (Å²) in [6, 6.07) is 12.3. The largest absolute Gasteiger partial charge is 0.397 e. The van der Waals surface area contributed by atoms with Crippen LogP contribution in [-0.4, -0.2) is 15.5 Å². The Balaban J connectivity index is 2.16. The van der Waals surface area contributed by atoms with Gasteiger partial charge in [-0.25, -0.2) is 4.98 Å². The standard InChI is InChI=1S/C15H10N4O/c16-9-12-8-11(4-6-18-12)15(20)19-7-5-10-2-1-3-13(17)14(10)19/h1-8H,17H2. The van der Waals surface area contributed by atoms with Crippen molar-refractivity contribution in [3.63, 3.8) is 0 Å². The first-order valence-electron chi connectivity index (χ1n) is 5.97. The van der Waals surface area contributed by atoms with Crippen molar-refractivity contribution >= 4 is 22.5 Å². The summed E-state index contributed by atoms with van der Waals surface area (Å²) in [5, 5.41) is 9.74. The summed E-state index contributed by atoms with van der Waals surface area (Å²) in [6.45, 7) is 0. The molecular weight excluding hydrogens is 252 g/mol. The highest BCUT2D eigenvalue weighted by Crippen LogP contribution is 2.23. The molecule has 0 aliphatic carbocycles. The van der Waals surface area contributed by atoms with Crippen LogP contribution in [0.3, 0.4) is 0 Å². The van der Waals surface area contributed by atoms with Gasteiger partial charge in [0.25, 0.3) is 5.91 Å². The fourth-order valence-corrected chi connectivity index (χ4v) is 2.16. The lowest BCUT2D eigenvalue weighted by atomic mass is 10.2. The molecule has 0 fully saturated rings. The van der Waals surface area contributed by atoms with Crippen LogP contribution in [0.1, 0.15) is 16.1 Å². The van der Waals surface area contributed by atoms with Gasteiger partial charge in [-0.3, -0.25) is 9.36 Å². The van der Waals surface area contributed by atoms with Crippen LogP contribution in [0.4, 0.5) is 5.69 Å². The molecule has 0 unspecified atom stereocenters. The Morgan fingerprint density at radius 3 is 2.95 bits per heavy atom. The Labute approximate surface area is 114 Å². The number of nitrogens with zero attached hydrogens (tertiary/aromatic N) is 3. The van der Waals surface area contributed by atoms with Crippen molar-refractivity contribution in [1.82, 2.24) is 9.55 Å². The molecule has 96 valence electrons. The van der Waals surface area contributed by atoms with E-state index in [4.69, 9.17) is 11.0 Å². The van der Waals surface area contributed by atoms with Crippen molar-refractivity contribution in [2.75, 3.05) is 5.73 Å². The molecule has 3 aromatic rings. The molecule has 5 nitrogen and oxygen atoms in total. The van der Waals surface area contributed by atoms with Crippen LogP contribution >= 0.6 is 0 Å². The minimum atomic E-state index is -0.239. The lowest BCUT2D eigenvalue weighted by Crippen LogP contribution is -2.12. The Morgan fingerprint density at radius 1 is 1.30 bits per heavy atom. The van der Waals surface area contributed by atoms with E-state index in [-0.39, 0.29) is 11.6 Å². The van der Waals surface area contributed by atoms with E-state index < -0.39 is 0 Å². The molecule has 0 amide bonds. The molecule has 1 aromatic carbocycles. The predicted octanol–water partition coefficient (Wildman–Crippen LogP) is 2.18. The van der Waals surface area contributed by atoms with E-state index in [1.54, 1.807) is 18.3 Å². The molecule has 0 atom stereocenters. The molecule has 3 rings (SSSR count). The summed E-state index contributed by atoms with van der Waals surface area (Å²) in [4.78, 5) is 16.4. The Bertz CT molecular complexity index is 858. The maximum atomic E-state index is 12.5. The van der Waals surface area contributed by atoms with Gasteiger partial charge in [-0.2, -0.15) is 5.26 Å². The van der Waals surface area contributed by atoms with Gasteiger partial charge in [0.1, 0.15) is 11.8 Å². The summed E-state index contributed by atoms with van der Waals surface area (Å²) in [6.07, 6.45) is 3.12. The number of para-hydroxylation sites is 1. The molecule has 2 heterocycles. The van der Waals surface area contributed by atoms with Gasteiger partial charge in [-0.05, 0) is 24.3 Å². The van der Waals surface area contributed by atoms with Crippen molar-refractivity contribution in [3.8, 4) is 6.07 Å². The van der Waals surface area contributed by atoms with Gasteiger partial charge < -0.3 is 5.73 Å². The molecular formula is C15H10N4O. The van der Waals surface area contributed by atoms with E-state index in [2.05, 4.69) is 4.98 Å². The van der Waals surface area contributed by atoms with Gasteiger partial charge in [-0.15, -0.1) is 0 Å². The van der Waals surface area contributed by atoms with Crippen molar-refractivity contribution in [3.05, 3.63) is 60.0 Å².